The van der Waals surface area contributed by atoms with Crippen LogP contribution in [0.5, 0.6) is 0 Å². The van der Waals surface area contributed by atoms with Crippen molar-refractivity contribution in [3.05, 3.63) is 0 Å². The standard InChI is InChI=1S/C18H25F13N2O/c1-4-7-9-33(10-8-5-2)32-12(34)11(6-3)13(19,20)14(21,22)15(23,24)16(25,26)17(27,28)18(29,30)31/h11H,4-10H2,1-3H3,(H,32,34). The molecule has 3 nitrogen and oxygen atoms in total. The number of carbonyl (C=O) groups excluding carboxylic acids is 1. The van der Waals surface area contributed by atoms with Gasteiger partial charge >= 0.3 is 35.8 Å². The Hall–Kier alpha value is -1.48. The van der Waals surface area contributed by atoms with E-state index in [1.165, 1.54) is 0 Å². The van der Waals surface area contributed by atoms with Crippen LogP contribution in [0.4, 0.5) is 57.1 Å². The molecule has 0 saturated heterocycles. The highest BCUT2D eigenvalue weighted by molar-refractivity contribution is 5.79. The van der Waals surface area contributed by atoms with Crippen molar-refractivity contribution in [2.75, 3.05) is 13.1 Å². The average Bonchev–Trinajstić information content (AvgIpc) is 2.68. The van der Waals surface area contributed by atoms with Crippen LogP contribution in [0.1, 0.15) is 52.9 Å². The van der Waals surface area contributed by atoms with Gasteiger partial charge in [-0.25, -0.2) is 5.01 Å². The SMILES string of the molecule is CCCCN(CCCC)NC(=O)C(CC)C(F)(F)C(F)(F)C(F)(F)C(F)(F)C(F)(F)C(F)(F)F. The summed E-state index contributed by atoms with van der Waals surface area (Å²) in [5, 5.41) is 0.997. The van der Waals surface area contributed by atoms with Crippen molar-refractivity contribution >= 4 is 5.91 Å². The molecule has 1 amide bonds. The zero-order valence-electron chi connectivity index (χ0n) is 18.3. The maximum atomic E-state index is 14.4. The maximum absolute atomic E-state index is 14.4. The Morgan fingerprint density at radius 2 is 1.06 bits per heavy atom. The predicted octanol–water partition coefficient (Wildman–Crippen LogP) is 6.68. The molecule has 0 rings (SSSR count). The molecule has 0 aliphatic carbocycles. The molecule has 0 saturated carbocycles. The Morgan fingerprint density at radius 3 is 1.38 bits per heavy atom. The lowest BCUT2D eigenvalue weighted by molar-refractivity contribution is -0.442. The molecule has 0 aromatic heterocycles. The third-order valence-electron chi connectivity index (χ3n) is 4.95. The second-order valence-corrected chi connectivity index (χ2v) is 7.55. The molecule has 204 valence electrons. The number of alkyl halides is 13. The lowest BCUT2D eigenvalue weighted by atomic mass is 9.85. The normalized spacial score (nSPS) is 15.6. The van der Waals surface area contributed by atoms with Gasteiger partial charge in [-0.05, 0) is 19.3 Å². The number of hydrogen-bond donors (Lipinski definition) is 1. The number of nitrogens with zero attached hydrogens (tertiary/aromatic N) is 1. The Balaban J connectivity index is 6.24. The van der Waals surface area contributed by atoms with Crippen LogP contribution in [0.15, 0.2) is 0 Å². The van der Waals surface area contributed by atoms with E-state index in [2.05, 4.69) is 0 Å². The van der Waals surface area contributed by atoms with Crippen LogP contribution in [-0.2, 0) is 4.79 Å². The Morgan fingerprint density at radius 1 is 0.676 bits per heavy atom. The van der Waals surface area contributed by atoms with E-state index in [4.69, 9.17) is 0 Å². The van der Waals surface area contributed by atoms with E-state index in [9.17, 15) is 61.9 Å². The molecule has 1 atom stereocenters. The molecule has 34 heavy (non-hydrogen) atoms. The van der Waals surface area contributed by atoms with Gasteiger partial charge in [-0.15, -0.1) is 0 Å². The van der Waals surface area contributed by atoms with Gasteiger partial charge in [0, 0.05) is 13.1 Å². The quantitative estimate of drug-likeness (QED) is 0.200. The molecule has 0 aromatic carbocycles. The summed E-state index contributed by atoms with van der Waals surface area (Å²) in [7, 11) is 0. The summed E-state index contributed by atoms with van der Waals surface area (Å²) in [4.78, 5) is 12.2. The van der Waals surface area contributed by atoms with Crippen LogP contribution in [0.3, 0.4) is 0 Å². The largest absolute Gasteiger partial charge is 0.460 e. The molecule has 0 aromatic rings. The van der Waals surface area contributed by atoms with Crippen LogP contribution >= 0.6 is 0 Å². The van der Waals surface area contributed by atoms with Gasteiger partial charge in [-0.1, -0.05) is 33.6 Å². The highest BCUT2D eigenvalue weighted by Gasteiger charge is 2.91. The van der Waals surface area contributed by atoms with Crippen molar-refractivity contribution in [2.45, 2.75) is 88.7 Å². The van der Waals surface area contributed by atoms with Gasteiger partial charge < -0.3 is 0 Å². The lowest BCUT2D eigenvalue weighted by Crippen LogP contribution is -2.71. The van der Waals surface area contributed by atoms with E-state index in [1.807, 2.05) is 0 Å². The predicted molar refractivity (Wildman–Crippen MR) is 94.1 cm³/mol. The number of halogens is 13. The molecule has 1 unspecified atom stereocenters. The maximum Gasteiger partial charge on any atom is 0.460 e. The molecule has 0 bridgehead atoms. The number of nitrogens with one attached hydrogen (secondary N) is 1. The number of hydrogen-bond acceptors (Lipinski definition) is 2. The molecule has 0 radical (unpaired) electrons. The number of carbonyl (C=O) groups is 1. The highest BCUT2D eigenvalue weighted by Crippen LogP contribution is 2.61. The number of amides is 1. The summed E-state index contributed by atoms with van der Waals surface area (Å²) in [5.74, 6) is -43.2. The molecular formula is C18H25F13N2O. The summed E-state index contributed by atoms with van der Waals surface area (Å²) in [6.07, 6.45) is -7.07. The van der Waals surface area contributed by atoms with Gasteiger partial charge in [0.25, 0.3) is 0 Å². The first kappa shape index (κ1) is 32.5. The minimum absolute atomic E-state index is 0.00662. The van der Waals surface area contributed by atoms with Crippen molar-refractivity contribution in [3.63, 3.8) is 0 Å². The molecular weight excluding hydrogens is 507 g/mol. The van der Waals surface area contributed by atoms with Gasteiger partial charge in [0.15, 0.2) is 0 Å². The van der Waals surface area contributed by atoms with E-state index in [0.717, 1.165) is 5.01 Å². The van der Waals surface area contributed by atoms with Crippen LogP contribution in [-0.4, -0.2) is 59.8 Å². The van der Waals surface area contributed by atoms with Gasteiger partial charge in [0.2, 0.25) is 5.91 Å². The van der Waals surface area contributed by atoms with Crippen LogP contribution in [0.25, 0.3) is 0 Å². The van der Waals surface area contributed by atoms with E-state index in [-0.39, 0.29) is 13.1 Å². The number of unbranched alkanes of at least 4 members (excludes halogenated alkanes) is 2. The highest BCUT2D eigenvalue weighted by atomic mass is 19.4. The van der Waals surface area contributed by atoms with Gasteiger partial charge in [0.1, 0.15) is 5.92 Å². The summed E-state index contributed by atoms with van der Waals surface area (Å²) in [6.45, 7) is 4.02. The third kappa shape index (κ3) is 5.83. The lowest BCUT2D eigenvalue weighted by Gasteiger charge is -2.41. The molecule has 1 N–H and O–H groups in total. The van der Waals surface area contributed by atoms with E-state index in [1.54, 1.807) is 19.3 Å². The fraction of sp³-hybridized carbons (Fsp3) is 0.944. The smallest absolute Gasteiger partial charge is 0.288 e. The summed E-state index contributed by atoms with van der Waals surface area (Å²) in [5.41, 5.74) is 1.78. The van der Waals surface area contributed by atoms with Gasteiger partial charge in [0.05, 0.1) is 0 Å². The summed E-state index contributed by atoms with van der Waals surface area (Å²) >= 11 is 0. The Labute approximate surface area is 187 Å². The first-order valence-corrected chi connectivity index (χ1v) is 10.1. The van der Waals surface area contributed by atoms with Crippen molar-refractivity contribution in [2.24, 2.45) is 5.92 Å². The van der Waals surface area contributed by atoms with E-state index in [0.29, 0.717) is 32.6 Å². The summed E-state index contributed by atoms with van der Waals surface area (Å²) in [6, 6.07) is 0. The van der Waals surface area contributed by atoms with E-state index < -0.39 is 54.0 Å². The topological polar surface area (TPSA) is 32.3 Å². The molecule has 0 aliphatic rings. The van der Waals surface area contributed by atoms with Crippen molar-refractivity contribution in [1.29, 1.82) is 0 Å². The minimum atomic E-state index is -7.99. The Kier molecular flexibility index (Phi) is 10.6. The van der Waals surface area contributed by atoms with Crippen molar-refractivity contribution in [3.8, 4) is 0 Å². The first-order chi connectivity index (χ1) is 15.1. The monoisotopic (exact) mass is 532 g/mol. The zero-order chi connectivity index (χ0) is 27.4. The first-order valence-electron chi connectivity index (χ1n) is 10.1. The van der Waals surface area contributed by atoms with Gasteiger partial charge in [-0.2, -0.15) is 57.1 Å². The summed E-state index contributed by atoms with van der Waals surface area (Å²) < 4.78 is 174. The second kappa shape index (κ2) is 11.1. The van der Waals surface area contributed by atoms with Crippen molar-refractivity contribution in [1.82, 2.24) is 10.4 Å². The fourth-order valence-electron chi connectivity index (χ4n) is 2.76. The Bertz CT molecular complexity index is 657. The molecule has 16 heteroatoms. The third-order valence-corrected chi connectivity index (χ3v) is 4.95. The fourth-order valence-corrected chi connectivity index (χ4v) is 2.76. The molecule has 0 fully saturated rings. The molecule has 0 aliphatic heterocycles. The molecule has 0 spiro atoms. The number of hydrazine groups is 1. The number of rotatable bonds is 14. The molecule has 0 heterocycles. The van der Waals surface area contributed by atoms with Crippen molar-refractivity contribution < 1.29 is 61.9 Å². The van der Waals surface area contributed by atoms with Crippen LogP contribution in [0, 0.1) is 5.92 Å². The average molecular weight is 532 g/mol. The van der Waals surface area contributed by atoms with Crippen LogP contribution in [0.2, 0.25) is 0 Å². The van der Waals surface area contributed by atoms with Crippen LogP contribution < -0.4 is 5.43 Å². The second-order valence-electron chi connectivity index (χ2n) is 7.55. The van der Waals surface area contributed by atoms with E-state index >= 15 is 0 Å². The minimum Gasteiger partial charge on any atom is -0.288 e. The zero-order valence-corrected chi connectivity index (χ0v) is 18.3. The van der Waals surface area contributed by atoms with Gasteiger partial charge in [-0.3, -0.25) is 10.2 Å².